The number of nitrogens with zero attached hydrogens (tertiary/aromatic N) is 2. The van der Waals surface area contributed by atoms with E-state index in [0.29, 0.717) is 0 Å². The van der Waals surface area contributed by atoms with E-state index >= 15 is 0 Å². The standard InChI is InChI=1S/C23H40N2/c1-2-3-22-25(23-18-14-13-15-19-23)24-20-16-11-9-7-5-4-6-8-10-12-17-21-24/h13-15,18-19H,2-12,16-17,20-22H2,1H3. The molecule has 1 aliphatic rings. The fourth-order valence-electron chi connectivity index (χ4n) is 3.87. The van der Waals surface area contributed by atoms with Crippen molar-refractivity contribution in [2.75, 3.05) is 24.6 Å². The molecule has 1 fully saturated rings. The van der Waals surface area contributed by atoms with E-state index in [4.69, 9.17) is 0 Å². The molecular weight excluding hydrogens is 304 g/mol. The molecular formula is C23H40N2. The van der Waals surface area contributed by atoms with Gasteiger partial charge in [0.2, 0.25) is 0 Å². The Labute approximate surface area is 156 Å². The molecule has 0 spiro atoms. The van der Waals surface area contributed by atoms with Crippen LogP contribution in [0.5, 0.6) is 0 Å². The number of hydrogen-bond donors (Lipinski definition) is 0. The van der Waals surface area contributed by atoms with E-state index in [1.807, 2.05) is 0 Å². The van der Waals surface area contributed by atoms with Crippen LogP contribution in [0.2, 0.25) is 0 Å². The van der Waals surface area contributed by atoms with Crippen LogP contribution in [0.15, 0.2) is 30.3 Å². The molecule has 2 rings (SSSR count). The Morgan fingerprint density at radius 2 is 1.20 bits per heavy atom. The summed E-state index contributed by atoms with van der Waals surface area (Å²) in [6.45, 7) is 5.89. The second-order valence-electron chi connectivity index (χ2n) is 7.65. The van der Waals surface area contributed by atoms with Crippen molar-refractivity contribution >= 4 is 5.69 Å². The summed E-state index contributed by atoms with van der Waals surface area (Å²) < 4.78 is 0. The van der Waals surface area contributed by atoms with E-state index in [-0.39, 0.29) is 0 Å². The molecule has 2 heteroatoms. The largest absolute Gasteiger partial charge is 0.306 e. The Morgan fingerprint density at radius 1 is 0.720 bits per heavy atom. The lowest BCUT2D eigenvalue weighted by atomic mass is 10.0. The summed E-state index contributed by atoms with van der Waals surface area (Å²) >= 11 is 0. The Bertz CT molecular complexity index is 403. The normalized spacial score (nSPS) is 19.2. The lowest BCUT2D eigenvalue weighted by Gasteiger charge is -2.37. The van der Waals surface area contributed by atoms with Gasteiger partial charge >= 0.3 is 0 Å². The first-order valence-electron chi connectivity index (χ1n) is 11.0. The van der Waals surface area contributed by atoms with Gasteiger partial charge in [0, 0.05) is 19.6 Å². The minimum Gasteiger partial charge on any atom is -0.306 e. The number of unbranched alkanes of at least 4 members (excludes halogenated alkanes) is 1. The third-order valence-corrected chi connectivity index (χ3v) is 5.45. The number of hydrazine groups is 1. The molecule has 1 aromatic carbocycles. The van der Waals surface area contributed by atoms with Gasteiger partial charge in [-0.3, -0.25) is 0 Å². The third-order valence-electron chi connectivity index (χ3n) is 5.45. The summed E-state index contributed by atoms with van der Waals surface area (Å²) in [5, 5.41) is 5.24. The highest BCUT2D eigenvalue weighted by molar-refractivity contribution is 5.44. The number of para-hydroxylation sites is 1. The van der Waals surface area contributed by atoms with Crippen LogP contribution in [-0.4, -0.2) is 24.6 Å². The van der Waals surface area contributed by atoms with Crippen LogP contribution in [0.3, 0.4) is 0 Å². The minimum absolute atomic E-state index is 1.15. The Morgan fingerprint density at radius 3 is 1.68 bits per heavy atom. The van der Waals surface area contributed by atoms with Gasteiger partial charge in [-0.2, -0.15) is 0 Å². The maximum atomic E-state index is 2.66. The van der Waals surface area contributed by atoms with Crippen LogP contribution in [-0.2, 0) is 0 Å². The molecule has 1 aromatic rings. The quantitative estimate of drug-likeness (QED) is 0.578. The molecule has 1 aliphatic heterocycles. The van der Waals surface area contributed by atoms with Gasteiger partial charge in [0.25, 0.3) is 0 Å². The highest BCUT2D eigenvalue weighted by Gasteiger charge is 2.15. The Balaban J connectivity index is 1.99. The zero-order chi connectivity index (χ0) is 17.6. The molecule has 142 valence electrons. The van der Waals surface area contributed by atoms with E-state index < -0.39 is 0 Å². The van der Waals surface area contributed by atoms with Crippen molar-refractivity contribution in [2.45, 2.75) is 90.4 Å². The minimum atomic E-state index is 1.15. The van der Waals surface area contributed by atoms with Gasteiger partial charge < -0.3 is 5.01 Å². The predicted molar refractivity (Wildman–Crippen MR) is 111 cm³/mol. The molecule has 0 unspecified atom stereocenters. The summed E-state index contributed by atoms with van der Waals surface area (Å²) in [6.07, 6.45) is 18.1. The average molecular weight is 345 g/mol. The average Bonchev–Trinajstić information content (AvgIpc) is 2.65. The zero-order valence-electron chi connectivity index (χ0n) is 16.6. The maximum Gasteiger partial charge on any atom is 0.0522 e. The monoisotopic (exact) mass is 344 g/mol. The molecule has 2 nitrogen and oxygen atoms in total. The molecule has 0 bridgehead atoms. The lowest BCUT2D eigenvalue weighted by molar-refractivity contribution is 0.234. The zero-order valence-corrected chi connectivity index (χ0v) is 16.6. The van der Waals surface area contributed by atoms with Gasteiger partial charge in [-0.05, 0) is 31.4 Å². The van der Waals surface area contributed by atoms with Gasteiger partial charge in [-0.25, -0.2) is 5.01 Å². The van der Waals surface area contributed by atoms with Crippen LogP contribution in [0.4, 0.5) is 5.69 Å². The maximum absolute atomic E-state index is 2.66. The van der Waals surface area contributed by atoms with Crippen molar-refractivity contribution < 1.29 is 0 Å². The summed E-state index contributed by atoms with van der Waals surface area (Å²) in [4.78, 5) is 0. The van der Waals surface area contributed by atoms with E-state index in [9.17, 15) is 0 Å². The second kappa shape index (κ2) is 13.2. The fraction of sp³-hybridized carbons (Fsp3) is 0.739. The van der Waals surface area contributed by atoms with Crippen molar-refractivity contribution in [3.8, 4) is 0 Å². The van der Waals surface area contributed by atoms with Crippen molar-refractivity contribution in [2.24, 2.45) is 0 Å². The van der Waals surface area contributed by atoms with Gasteiger partial charge in [0.05, 0.1) is 5.69 Å². The molecule has 0 aliphatic carbocycles. The SMILES string of the molecule is CCCCN(c1ccccc1)N1CCCCCCCCCCCCC1. The van der Waals surface area contributed by atoms with Gasteiger partial charge in [-0.15, -0.1) is 0 Å². The first-order valence-corrected chi connectivity index (χ1v) is 11.0. The first kappa shape index (κ1) is 20.3. The fourth-order valence-corrected chi connectivity index (χ4v) is 3.87. The molecule has 0 N–H and O–H groups in total. The molecule has 1 saturated heterocycles. The van der Waals surface area contributed by atoms with Crippen LogP contribution in [0.1, 0.15) is 90.4 Å². The van der Waals surface area contributed by atoms with Crippen LogP contribution in [0, 0.1) is 0 Å². The van der Waals surface area contributed by atoms with E-state index in [2.05, 4.69) is 47.3 Å². The smallest absolute Gasteiger partial charge is 0.0522 e. The van der Waals surface area contributed by atoms with Gasteiger partial charge in [0.1, 0.15) is 0 Å². The van der Waals surface area contributed by atoms with Crippen molar-refractivity contribution in [1.29, 1.82) is 0 Å². The predicted octanol–water partition coefficient (Wildman–Crippen LogP) is 6.81. The summed E-state index contributed by atoms with van der Waals surface area (Å²) in [5.41, 5.74) is 1.37. The number of benzene rings is 1. The topological polar surface area (TPSA) is 6.48 Å². The van der Waals surface area contributed by atoms with E-state index in [1.165, 1.54) is 102 Å². The van der Waals surface area contributed by atoms with Crippen molar-refractivity contribution in [1.82, 2.24) is 5.01 Å². The molecule has 0 aromatic heterocycles. The van der Waals surface area contributed by atoms with Crippen molar-refractivity contribution in [3.63, 3.8) is 0 Å². The molecule has 0 amide bonds. The number of anilines is 1. The lowest BCUT2D eigenvalue weighted by Crippen LogP contribution is -2.44. The summed E-state index contributed by atoms with van der Waals surface area (Å²) in [5.74, 6) is 0. The van der Waals surface area contributed by atoms with Crippen molar-refractivity contribution in [3.05, 3.63) is 30.3 Å². The van der Waals surface area contributed by atoms with E-state index in [0.717, 1.165) is 6.54 Å². The van der Waals surface area contributed by atoms with Crippen LogP contribution in [0.25, 0.3) is 0 Å². The van der Waals surface area contributed by atoms with E-state index in [1.54, 1.807) is 0 Å². The van der Waals surface area contributed by atoms with Gasteiger partial charge in [-0.1, -0.05) is 89.3 Å². The van der Waals surface area contributed by atoms with Crippen LogP contribution >= 0.6 is 0 Å². The highest BCUT2D eigenvalue weighted by atomic mass is 15.6. The molecule has 25 heavy (non-hydrogen) atoms. The number of hydrogen-bond acceptors (Lipinski definition) is 2. The third kappa shape index (κ3) is 8.27. The molecule has 0 atom stereocenters. The summed E-state index contributed by atoms with van der Waals surface area (Å²) in [6, 6.07) is 11.0. The second-order valence-corrected chi connectivity index (χ2v) is 7.65. The first-order chi connectivity index (χ1) is 12.4. The summed E-state index contributed by atoms with van der Waals surface area (Å²) in [7, 11) is 0. The molecule has 0 saturated carbocycles. The molecule has 0 radical (unpaired) electrons. The van der Waals surface area contributed by atoms with Gasteiger partial charge in [0.15, 0.2) is 0 Å². The molecule has 1 heterocycles. The Kier molecular flexibility index (Phi) is 10.7. The highest BCUT2D eigenvalue weighted by Crippen LogP contribution is 2.20. The number of rotatable bonds is 5. The Hall–Kier alpha value is -1.02. The van der Waals surface area contributed by atoms with Crippen LogP contribution < -0.4 is 5.01 Å².